The molecule has 0 amide bonds. The fourth-order valence-corrected chi connectivity index (χ4v) is 2.31. The van der Waals surface area contributed by atoms with Crippen LogP contribution in [0.2, 0.25) is 0 Å². The molecule has 0 aromatic carbocycles. The molecule has 0 atom stereocenters. The van der Waals surface area contributed by atoms with E-state index in [-0.39, 0.29) is 12.4 Å². The Morgan fingerprint density at radius 1 is 0.864 bits per heavy atom. The number of aromatic nitrogens is 2. The van der Waals surface area contributed by atoms with Gasteiger partial charge in [0.15, 0.2) is 5.82 Å². The highest BCUT2D eigenvalue weighted by molar-refractivity contribution is 5.85. The summed E-state index contributed by atoms with van der Waals surface area (Å²) in [6, 6.07) is 4.14. The van der Waals surface area contributed by atoms with Gasteiger partial charge in [-0.1, -0.05) is 39.0 Å². The molecule has 4 nitrogen and oxygen atoms in total. The monoisotopic (exact) mass is 328 g/mol. The maximum Gasteiger partial charge on any atom is 0.151 e. The molecule has 1 heterocycles. The maximum atomic E-state index is 4.34. The van der Waals surface area contributed by atoms with Crippen LogP contribution in [0.15, 0.2) is 12.1 Å². The molecule has 0 saturated heterocycles. The summed E-state index contributed by atoms with van der Waals surface area (Å²) in [4.78, 5) is 4.59. The smallest absolute Gasteiger partial charge is 0.151 e. The lowest BCUT2D eigenvalue weighted by molar-refractivity contribution is 0.411. The van der Waals surface area contributed by atoms with Crippen LogP contribution in [0.3, 0.4) is 0 Å². The second-order valence-electron chi connectivity index (χ2n) is 6.09. The van der Waals surface area contributed by atoms with Crippen molar-refractivity contribution in [1.29, 1.82) is 0 Å². The number of hydrogen-bond acceptors (Lipinski definition) is 4. The number of aryl methyl sites for hydroxylation is 1. The third-order valence-corrected chi connectivity index (χ3v) is 3.71. The van der Waals surface area contributed by atoms with Crippen LogP contribution in [0, 0.1) is 6.92 Å². The lowest BCUT2D eigenvalue weighted by atomic mass is 10.1. The Hall–Kier alpha value is -0.870. The van der Waals surface area contributed by atoms with E-state index in [0.29, 0.717) is 0 Å². The van der Waals surface area contributed by atoms with E-state index in [2.05, 4.69) is 47.1 Å². The fraction of sp³-hybridized carbons (Fsp3) is 0.765. The van der Waals surface area contributed by atoms with Crippen LogP contribution >= 0.6 is 12.4 Å². The van der Waals surface area contributed by atoms with Crippen molar-refractivity contribution in [2.75, 3.05) is 38.6 Å². The molecule has 0 unspecified atom stereocenters. The average molecular weight is 329 g/mol. The quantitative estimate of drug-likeness (QED) is 0.576. The number of hydrogen-bond donors (Lipinski definition) is 0. The van der Waals surface area contributed by atoms with Crippen molar-refractivity contribution in [3.05, 3.63) is 17.8 Å². The minimum atomic E-state index is 0. The van der Waals surface area contributed by atoms with Gasteiger partial charge in [-0.25, -0.2) is 0 Å². The van der Waals surface area contributed by atoms with Gasteiger partial charge in [0.1, 0.15) is 0 Å². The van der Waals surface area contributed by atoms with Crippen molar-refractivity contribution in [3.8, 4) is 0 Å². The molecule has 128 valence electrons. The third-order valence-electron chi connectivity index (χ3n) is 3.71. The molecule has 1 aromatic heterocycles. The molecule has 0 radical (unpaired) electrons. The summed E-state index contributed by atoms with van der Waals surface area (Å²) < 4.78 is 0. The van der Waals surface area contributed by atoms with Gasteiger partial charge in [-0.2, -0.15) is 5.10 Å². The maximum absolute atomic E-state index is 4.34. The van der Waals surface area contributed by atoms with Crippen molar-refractivity contribution in [3.63, 3.8) is 0 Å². The molecule has 0 spiro atoms. The Morgan fingerprint density at radius 3 is 2.14 bits per heavy atom. The first-order valence-electron chi connectivity index (χ1n) is 8.33. The summed E-state index contributed by atoms with van der Waals surface area (Å²) in [7, 11) is 4.23. The third kappa shape index (κ3) is 9.21. The highest BCUT2D eigenvalue weighted by atomic mass is 35.5. The van der Waals surface area contributed by atoms with Gasteiger partial charge in [0.05, 0.1) is 5.69 Å². The summed E-state index contributed by atoms with van der Waals surface area (Å²) in [5, 5.41) is 8.53. The standard InChI is InChI=1S/C17H32N4.ClH/c1-5-6-7-8-9-10-13-21(15-14-20(3)4)17-12-11-16(2)18-19-17;/h11-12H,5-10,13-15H2,1-4H3;1H. The average Bonchev–Trinajstić information content (AvgIpc) is 2.46. The molecule has 22 heavy (non-hydrogen) atoms. The van der Waals surface area contributed by atoms with E-state index in [4.69, 9.17) is 0 Å². The molecule has 0 bridgehead atoms. The van der Waals surface area contributed by atoms with Gasteiger partial charge in [0.2, 0.25) is 0 Å². The predicted molar refractivity (Wildman–Crippen MR) is 98.2 cm³/mol. The van der Waals surface area contributed by atoms with Crippen molar-refractivity contribution < 1.29 is 0 Å². The minimum Gasteiger partial charge on any atom is -0.354 e. The molecular formula is C17H33ClN4. The zero-order valence-electron chi connectivity index (χ0n) is 14.7. The Bertz CT molecular complexity index is 367. The number of rotatable bonds is 11. The van der Waals surface area contributed by atoms with Gasteiger partial charge < -0.3 is 9.80 Å². The normalized spacial score (nSPS) is 10.6. The van der Waals surface area contributed by atoms with E-state index in [0.717, 1.165) is 31.1 Å². The van der Waals surface area contributed by atoms with Crippen molar-refractivity contribution in [1.82, 2.24) is 15.1 Å². The van der Waals surface area contributed by atoms with Gasteiger partial charge in [-0.05, 0) is 39.6 Å². The number of unbranched alkanes of at least 4 members (excludes halogenated alkanes) is 5. The van der Waals surface area contributed by atoms with Gasteiger partial charge in [-0.3, -0.25) is 0 Å². The topological polar surface area (TPSA) is 32.3 Å². The van der Waals surface area contributed by atoms with Gasteiger partial charge >= 0.3 is 0 Å². The van der Waals surface area contributed by atoms with Crippen molar-refractivity contribution in [2.24, 2.45) is 0 Å². The van der Waals surface area contributed by atoms with E-state index in [1.54, 1.807) is 0 Å². The molecule has 0 N–H and O–H groups in total. The Labute approximate surface area is 142 Å². The van der Waals surface area contributed by atoms with E-state index in [9.17, 15) is 0 Å². The zero-order chi connectivity index (χ0) is 15.5. The first-order chi connectivity index (χ1) is 10.1. The van der Waals surface area contributed by atoms with Crippen LogP contribution < -0.4 is 4.90 Å². The largest absolute Gasteiger partial charge is 0.354 e. The van der Waals surface area contributed by atoms with Crippen LogP contribution in [0.5, 0.6) is 0 Å². The number of halogens is 1. The summed E-state index contributed by atoms with van der Waals surface area (Å²) in [6.07, 6.45) is 7.97. The SMILES string of the molecule is CCCCCCCCN(CCN(C)C)c1ccc(C)nn1.Cl. The molecule has 0 saturated carbocycles. The lowest BCUT2D eigenvalue weighted by Gasteiger charge is -2.25. The minimum absolute atomic E-state index is 0. The molecule has 5 heteroatoms. The first kappa shape index (κ1) is 21.1. The molecule has 1 rings (SSSR count). The predicted octanol–water partition coefficient (Wildman–Crippen LogP) is 3.94. The van der Waals surface area contributed by atoms with E-state index in [1.807, 2.05) is 13.0 Å². The molecular weight excluding hydrogens is 296 g/mol. The fourth-order valence-electron chi connectivity index (χ4n) is 2.31. The number of likely N-dealkylation sites (N-methyl/N-ethyl adjacent to an activating group) is 1. The van der Waals surface area contributed by atoms with Crippen molar-refractivity contribution in [2.45, 2.75) is 52.4 Å². The van der Waals surface area contributed by atoms with Crippen LogP contribution in [0.1, 0.15) is 51.1 Å². The second kappa shape index (κ2) is 12.7. The second-order valence-corrected chi connectivity index (χ2v) is 6.09. The highest BCUT2D eigenvalue weighted by Crippen LogP contribution is 2.12. The van der Waals surface area contributed by atoms with E-state index < -0.39 is 0 Å². The zero-order valence-corrected chi connectivity index (χ0v) is 15.5. The van der Waals surface area contributed by atoms with Crippen LogP contribution in [0.25, 0.3) is 0 Å². The number of anilines is 1. The first-order valence-corrected chi connectivity index (χ1v) is 8.33. The summed E-state index contributed by atoms with van der Waals surface area (Å²) in [5.41, 5.74) is 0.978. The summed E-state index contributed by atoms with van der Waals surface area (Å²) >= 11 is 0. The molecule has 0 aliphatic carbocycles. The van der Waals surface area contributed by atoms with Crippen molar-refractivity contribution >= 4 is 18.2 Å². The molecule has 1 aromatic rings. The van der Waals surface area contributed by atoms with E-state index in [1.165, 1.54) is 38.5 Å². The Balaban J connectivity index is 0.00000441. The Morgan fingerprint density at radius 2 is 1.55 bits per heavy atom. The van der Waals surface area contributed by atoms with Crippen LogP contribution in [-0.2, 0) is 0 Å². The molecule has 0 aliphatic rings. The highest BCUT2D eigenvalue weighted by Gasteiger charge is 2.08. The van der Waals surface area contributed by atoms with Gasteiger partial charge in [0.25, 0.3) is 0 Å². The lowest BCUT2D eigenvalue weighted by Crippen LogP contribution is -2.33. The molecule has 0 aliphatic heterocycles. The molecule has 0 fully saturated rings. The van der Waals surface area contributed by atoms with Crippen LogP contribution in [0.4, 0.5) is 5.82 Å². The summed E-state index contributed by atoms with van der Waals surface area (Å²) in [6.45, 7) is 7.39. The van der Waals surface area contributed by atoms with Gasteiger partial charge in [0, 0.05) is 19.6 Å². The number of nitrogens with zero attached hydrogens (tertiary/aromatic N) is 4. The van der Waals surface area contributed by atoms with Crippen LogP contribution in [-0.4, -0.2) is 48.8 Å². The van der Waals surface area contributed by atoms with E-state index >= 15 is 0 Å². The van der Waals surface area contributed by atoms with Gasteiger partial charge in [-0.15, -0.1) is 17.5 Å². The summed E-state index contributed by atoms with van der Waals surface area (Å²) in [5.74, 6) is 1.01. The Kier molecular flexibility index (Phi) is 12.2.